The van der Waals surface area contributed by atoms with Gasteiger partial charge in [-0.25, -0.2) is 0 Å². The lowest BCUT2D eigenvalue weighted by Crippen LogP contribution is -2.35. The fourth-order valence-electron chi connectivity index (χ4n) is 3.30. The number of fused-ring (bicyclic) bond motifs is 2. The minimum atomic E-state index is 0.128. The number of hydrogen-bond donors (Lipinski definition) is 4. The number of nitrogens with zero attached hydrogens (tertiary/aromatic N) is 1. The summed E-state index contributed by atoms with van der Waals surface area (Å²) in [5.41, 5.74) is 5.48. The molecule has 4 N–H and O–H groups in total. The van der Waals surface area contributed by atoms with Crippen molar-refractivity contribution < 1.29 is 10.2 Å². The van der Waals surface area contributed by atoms with E-state index in [0.717, 1.165) is 46.0 Å². The van der Waals surface area contributed by atoms with Gasteiger partial charge in [0.15, 0.2) is 0 Å². The first-order chi connectivity index (χ1) is 11.7. The number of aliphatic hydroxyl groups excluding tert-OH is 1. The van der Waals surface area contributed by atoms with E-state index in [0.29, 0.717) is 11.6 Å². The summed E-state index contributed by atoms with van der Waals surface area (Å²) in [6, 6.07) is 11.4. The topological polar surface area (TPSA) is 67.8 Å². The van der Waals surface area contributed by atoms with Crippen LogP contribution in [-0.2, 0) is 0 Å². The first-order valence-corrected chi connectivity index (χ1v) is 8.31. The molecular weight excluding hydrogens is 326 g/mol. The normalized spacial score (nSPS) is 13.0. The minimum Gasteiger partial charge on any atom is -0.507 e. The highest BCUT2D eigenvalue weighted by Crippen LogP contribution is 2.47. The highest BCUT2D eigenvalue weighted by Gasteiger charge is 2.24. The molecule has 124 valence electrons. The smallest absolute Gasteiger partial charge is 0.123 e. The third kappa shape index (κ3) is 2.33. The van der Waals surface area contributed by atoms with Gasteiger partial charge in [-0.2, -0.15) is 0 Å². The lowest BCUT2D eigenvalue weighted by Gasteiger charge is -2.20. The summed E-state index contributed by atoms with van der Waals surface area (Å²) in [5, 5.41) is 28.7. The Bertz CT molecular complexity index is 929. The summed E-state index contributed by atoms with van der Waals surface area (Å²) in [4.78, 5) is 0. The molecule has 0 amide bonds. The second-order valence-corrected chi connectivity index (χ2v) is 6.26. The van der Waals surface area contributed by atoms with Gasteiger partial charge >= 0.3 is 0 Å². The van der Waals surface area contributed by atoms with Crippen molar-refractivity contribution in [2.24, 2.45) is 0 Å². The van der Waals surface area contributed by atoms with Crippen LogP contribution < -0.4 is 15.8 Å². The molecule has 0 aromatic heterocycles. The third-order valence-electron chi connectivity index (χ3n) is 4.40. The quantitative estimate of drug-likeness (QED) is 0.423. The molecule has 0 unspecified atom stereocenters. The third-order valence-corrected chi connectivity index (χ3v) is 4.73. The summed E-state index contributed by atoms with van der Waals surface area (Å²) in [6.45, 7) is 2.19. The molecule has 1 heterocycles. The summed E-state index contributed by atoms with van der Waals surface area (Å²) < 4.78 is 0. The zero-order valence-electron chi connectivity index (χ0n) is 13.0. The van der Waals surface area contributed by atoms with E-state index < -0.39 is 0 Å². The first-order valence-electron chi connectivity index (χ1n) is 7.93. The lowest BCUT2D eigenvalue weighted by atomic mass is 10.00. The molecule has 0 saturated heterocycles. The van der Waals surface area contributed by atoms with E-state index in [9.17, 15) is 5.11 Å². The van der Waals surface area contributed by atoms with Crippen LogP contribution in [0.1, 0.15) is 0 Å². The Morgan fingerprint density at radius 2 is 1.96 bits per heavy atom. The average Bonchev–Trinajstić information content (AvgIpc) is 2.95. The molecule has 0 saturated carbocycles. The van der Waals surface area contributed by atoms with E-state index in [-0.39, 0.29) is 12.4 Å². The first kappa shape index (κ1) is 15.3. The van der Waals surface area contributed by atoms with Crippen molar-refractivity contribution in [3.05, 3.63) is 41.4 Å². The highest BCUT2D eigenvalue weighted by atomic mass is 35.5. The molecule has 1 aliphatic heterocycles. The molecule has 3 aromatic rings. The Hall–Kier alpha value is -2.21. The highest BCUT2D eigenvalue weighted by molar-refractivity contribution is 6.38. The molecule has 0 aliphatic carbocycles. The lowest BCUT2D eigenvalue weighted by molar-refractivity contribution is 0.293. The second kappa shape index (κ2) is 6.02. The number of benzene rings is 3. The fraction of sp³-hybridized carbons (Fsp3) is 0.222. The van der Waals surface area contributed by atoms with Gasteiger partial charge in [0.2, 0.25) is 0 Å². The Balaban J connectivity index is 1.83. The van der Waals surface area contributed by atoms with Gasteiger partial charge < -0.3 is 15.5 Å². The number of rotatable bonds is 5. The largest absolute Gasteiger partial charge is 0.507 e. The summed E-state index contributed by atoms with van der Waals surface area (Å²) in [7, 11) is 0. The van der Waals surface area contributed by atoms with E-state index in [1.807, 2.05) is 30.3 Å². The van der Waals surface area contributed by atoms with Crippen molar-refractivity contribution in [1.29, 1.82) is 0 Å². The number of anilines is 2. The molecule has 5 nitrogen and oxygen atoms in total. The maximum Gasteiger partial charge on any atom is 0.123 e. The van der Waals surface area contributed by atoms with Gasteiger partial charge in [-0.05, 0) is 24.3 Å². The van der Waals surface area contributed by atoms with Gasteiger partial charge in [-0.15, -0.1) is 0 Å². The second-order valence-electron chi connectivity index (χ2n) is 5.85. The van der Waals surface area contributed by atoms with E-state index in [1.165, 1.54) is 0 Å². The number of phenolic OH excluding ortho intramolecular Hbond substituents is 1. The Labute approximate surface area is 144 Å². The van der Waals surface area contributed by atoms with Gasteiger partial charge in [0.25, 0.3) is 0 Å². The van der Waals surface area contributed by atoms with Gasteiger partial charge in [-0.1, -0.05) is 23.7 Å². The van der Waals surface area contributed by atoms with Crippen LogP contribution in [0.3, 0.4) is 0 Å². The Kier molecular flexibility index (Phi) is 3.84. The average molecular weight is 344 g/mol. The minimum absolute atomic E-state index is 0.128. The zero-order valence-corrected chi connectivity index (χ0v) is 13.8. The molecular formula is C18H18ClN3O2. The van der Waals surface area contributed by atoms with Crippen molar-refractivity contribution >= 4 is 44.5 Å². The van der Waals surface area contributed by atoms with E-state index in [4.69, 9.17) is 16.7 Å². The van der Waals surface area contributed by atoms with Crippen LogP contribution >= 0.6 is 11.6 Å². The zero-order chi connectivity index (χ0) is 16.7. The maximum atomic E-state index is 10.2. The van der Waals surface area contributed by atoms with Gasteiger partial charge in [0, 0.05) is 39.7 Å². The summed E-state index contributed by atoms with van der Waals surface area (Å²) >= 11 is 6.41. The monoisotopic (exact) mass is 343 g/mol. The van der Waals surface area contributed by atoms with Gasteiger partial charge in [0.05, 0.1) is 24.5 Å². The molecule has 1 aliphatic rings. The van der Waals surface area contributed by atoms with Gasteiger partial charge in [-0.3, -0.25) is 10.4 Å². The molecule has 0 bridgehead atoms. The van der Waals surface area contributed by atoms with Crippen molar-refractivity contribution in [1.82, 2.24) is 5.32 Å². The molecule has 3 aromatic carbocycles. The molecule has 0 spiro atoms. The molecule has 24 heavy (non-hydrogen) atoms. The Morgan fingerprint density at radius 3 is 2.79 bits per heavy atom. The van der Waals surface area contributed by atoms with Crippen molar-refractivity contribution in [2.45, 2.75) is 0 Å². The number of aliphatic hydroxyl groups is 1. The van der Waals surface area contributed by atoms with E-state index >= 15 is 0 Å². The summed E-state index contributed by atoms with van der Waals surface area (Å²) in [5.74, 6) is 0.247. The number of hydrogen-bond acceptors (Lipinski definition) is 5. The summed E-state index contributed by atoms with van der Waals surface area (Å²) in [6.07, 6.45) is 0. The number of phenols is 1. The van der Waals surface area contributed by atoms with Crippen LogP contribution in [0.5, 0.6) is 5.75 Å². The predicted molar refractivity (Wildman–Crippen MR) is 99.1 cm³/mol. The molecule has 0 radical (unpaired) electrons. The van der Waals surface area contributed by atoms with Crippen molar-refractivity contribution in [2.75, 3.05) is 36.7 Å². The van der Waals surface area contributed by atoms with Crippen molar-refractivity contribution in [3.8, 4) is 5.75 Å². The fourth-order valence-corrected chi connectivity index (χ4v) is 3.51. The van der Waals surface area contributed by atoms with Crippen LogP contribution in [0.2, 0.25) is 5.02 Å². The standard InChI is InChI=1S/C18H18ClN3O2/c19-14-4-5-15-17-13(14)10-12-11(2-1-3-16(12)24)18(17)21-22(15)8-6-20-7-9-23/h1-5,10,20-21,23-24H,6-9H2. The van der Waals surface area contributed by atoms with Crippen LogP contribution in [0.15, 0.2) is 36.4 Å². The maximum absolute atomic E-state index is 10.2. The molecule has 6 heteroatoms. The Morgan fingerprint density at radius 1 is 1.08 bits per heavy atom. The predicted octanol–water partition coefficient (Wildman–Crippen LogP) is 3.08. The number of hydrazine groups is 1. The van der Waals surface area contributed by atoms with Crippen LogP contribution in [0.25, 0.3) is 21.5 Å². The SMILES string of the molecule is OCCNCCN1Nc2c3cccc(O)c3cc3c(Cl)ccc1c23. The molecule has 4 rings (SSSR count). The number of nitrogens with one attached hydrogen (secondary N) is 2. The van der Waals surface area contributed by atoms with Crippen LogP contribution in [0.4, 0.5) is 11.4 Å². The molecule has 0 fully saturated rings. The van der Waals surface area contributed by atoms with Crippen LogP contribution in [0, 0.1) is 0 Å². The van der Waals surface area contributed by atoms with E-state index in [2.05, 4.69) is 15.8 Å². The number of aromatic hydroxyl groups is 1. The van der Waals surface area contributed by atoms with E-state index in [1.54, 1.807) is 6.07 Å². The number of halogens is 1. The van der Waals surface area contributed by atoms with Gasteiger partial charge in [0.1, 0.15) is 5.75 Å². The molecule has 0 atom stereocenters. The van der Waals surface area contributed by atoms with Crippen molar-refractivity contribution in [3.63, 3.8) is 0 Å². The van der Waals surface area contributed by atoms with Crippen LogP contribution in [-0.4, -0.2) is 36.5 Å².